The molecule has 1 aromatic heterocycles. The Balaban J connectivity index is 1.84. The maximum Gasteiger partial charge on any atom is 0.410 e. The molecule has 132 valence electrons. The average molecular weight is 337 g/mol. The van der Waals surface area contributed by atoms with Crippen molar-refractivity contribution in [2.45, 2.75) is 39.2 Å². The minimum Gasteiger partial charge on any atom is -0.477 e. The van der Waals surface area contributed by atoms with Crippen LogP contribution in [-0.4, -0.2) is 46.2 Å². The highest BCUT2D eigenvalue weighted by molar-refractivity contribution is 5.68. The Morgan fingerprint density at radius 3 is 2.79 bits per heavy atom. The summed E-state index contributed by atoms with van der Waals surface area (Å²) >= 11 is 0. The van der Waals surface area contributed by atoms with E-state index in [1.165, 1.54) is 18.3 Å². The highest BCUT2D eigenvalue weighted by atomic mass is 16.6. The lowest BCUT2D eigenvalue weighted by atomic mass is 9.99. The van der Waals surface area contributed by atoms with Gasteiger partial charge in [-0.15, -0.1) is 0 Å². The molecule has 1 fully saturated rings. The first-order chi connectivity index (χ1) is 11.2. The maximum atomic E-state index is 12.1. The first-order valence-electron chi connectivity index (χ1n) is 7.96. The number of nitro groups is 1. The van der Waals surface area contributed by atoms with Gasteiger partial charge in [-0.05, 0) is 33.6 Å². The number of carbonyl (C=O) groups is 1. The fraction of sp³-hybridized carbons (Fsp3) is 0.625. The molecular weight excluding hydrogens is 314 g/mol. The van der Waals surface area contributed by atoms with Gasteiger partial charge in [0.2, 0.25) is 5.88 Å². The zero-order valence-corrected chi connectivity index (χ0v) is 14.2. The molecule has 0 bridgehead atoms. The Labute approximate surface area is 140 Å². The second-order valence-electron chi connectivity index (χ2n) is 6.86. The van der Waals surface area contributed by atoms with Gasteiger partial charge in [0.25, 0.3) is 5.69 Å². The first-order valence-corrected chi connectivity index (χ1v) is 7.96. The molecule has 0 aliphatic carbocycles. The third-order valence-electron chi connectivity index (χ3n) is 3.57. The Morgan fingerprint density at radius 2 is 2.21 bits per heavy atom. The van der Waals surface area contributed by atoms with Crippen LogP contribution in [-0.2, 0) is 4.74 Å². The molecule has 8 nitrogen and oxygen atoms in total. The number of amides is 1. The van der Waals surface area contributed by atoms with Crippen LogP contribution in [0, 0.1) is 16.0 Å². The first kappa shape index (κ1) is 18.0. The second kappa shape index (κ2) is 7.46. The summed E-state index contributed by atoms with van der Waals surface area (Å²) in [6.45, 7) is 7.19. The standard InChI is InChI=1S/C16H23N3O5/c1-16(2,3)24-15(20)18-8-4-5-12(10-18)11-23-14-7-6-13(9-17-14)19(21)22/h6-7,9,12H,4-5,8,10-11H2,1-3H3/t12-/m1/s1. The van der Waals surface area contributed by atoms with Gasteiger partial charge in [0.05, 0.1) is 11.5 Å². The minimum atomic E-state index is -0.511. The van der Waals surface area contributed by atoms with Crippen molar-refractivity contribution in [1.82, 2.24) is 9.88 Å². The molecule has 0 spiro atoms. The van der Waals surface area contributed by atoms with Gasteiger partial charge < -0.3 is 14.4 Å². The average Bonchev–Trinajstić information content (AvgIpc) is 2.52. The molecule has 1 amide bonds. The van der Waals surface area contributed by atoms with Gasteiger partial charge in [-0.1, -0.05) is 0 Å². The number of nitrogens with zero attached hydrogens (tertiary/aromatic N) is 3. The van der Waals surface area contributed by atoms with Crippen molar-refractivity contribution in [2.24, 2.45) is 5.92 Å². The van der Waals surface area contributed by atoms with Crippen LogP contribution in [0.15, 0.2) is 18.3 Å². The van der Waals surface area contributed by atoms with E-state index in [1.54, 1.807) is 4.90 Å². The largest absolute Gasteiger partial charge is 0.477 e. The van der Waals surface area contributed by atoms with E-state index in [-0.39, 0.29) is 17.7 Å². The lowest BCUT2D eigenvalue weighted by Crippen LogP contribution is -2.44. The molecule has 0 saturated carbocycles. The zero-order chi connectivity index (χ0) is 17.7. The second-order valence-corrected chi connectivity index (χ2v) is 6.86. The van der Waals surface area contributed by atoms with Crippen LogP contribution in [0.1, 0.15) is 33.6 Å². The summed E-state index contributed by atoms with van der Waals surface area (Å²) in [7, 11) is 0. The predicted octanol–water partition coefficient (Wildman–Crippen LogP) is 3.02. The molecule has 1 aliphatic heterocycles. The van der Waals surface area contributed by atoms with Crippen LogP contribution in [0.5, 0.6) is 5.88 Å². The molecule has 24 heavy (non-hydrogen) atoms. The van der Waals surface area contributed by atoms with Crippen LogP contribution < -0.4 is 4.74 Å². The van der Waals surface area contributed by atoms with E-state index in [0.29, 0.717) is 25.6 Å². The van der Waals surface area contributed by atoms with Gasteiger partial charge in [0, 0.05) is 31.1 Å². The van der Waals surface area contributed by atoms with Crippen LogP contribution in [0.25, 0.3) is 0 Å². The number of pyridine rings is 1. The predicted molar refractivity (Wildman–Crippen MR) is 86.9 cm³/mol. The van der Waals surface area contributed by atoms with Gasteiger partial charge >= 0.3 is 6.09 Å². The van der Waals surface area contributed by atoms with Crippen molar-refractivity contribution in [2.75, 3.05) is 19.7 Å². The van der Waals surface area contributed by atoms with Crippen molar-refractivity contribution in [1.29, 1.82) is 0 Å². The van der Waals surface area contributed by atoms with E-state index < -0.39 is 10.5 Å². The Morgan fingerprint density at radius 1 is 1.46 bits per heavy atom. The summed E-state index contributed by atoms with van der Waals surface area (Å²) in [6.07, 6.45) is 2.71. The fourth-order valence-electron chi connectivity index (χ4n) is 2.46. The molecule has 1 aromatic rings. The normalized spacial score (nSPS) is 18.1. The lowest BCUT2D eigenvalue weighted by Gasteiger charge is -2.33. The summed E-state index contributed by atoms with van der Waals surface area (Å²) in [6, 6.07) is 2.84. The van der Waals surface area contributed by atoms with Gasteiger partial charge in [0.1, 0.15) is 11.8 Å². The number of rotatable bonds is 4. The highest BCUT2D eigenvalue weighted by Gasteiger charge is 2.28. The Bertz CT molecular complexity index is 582. The van der Waals surface area contributed by atoms with Crippen molar-refractivity contribution in [3.63, 3.8) is 0 Å². The number of likely N-dealkylation sites (tertiary alicyclic amines) is 1. The molecule has 0 aromatic carbocycles. The Hall–Kier alpha value is -2.38. The third kappa shape index (κ3) is 5.36. The van der Waals surface area contributed by atoms with Crippen molar-refractivity contribution in [3.8, 4) is 5.88 Å². The van der Waals surface area contributed by atoms with Gasteiger partial charge in [-0.2, -0.15) is 0 Å². The van der Waals surface area contributed by atoms with Crippen molar-refractivity contribution >= 4 is 11.8 Å². The van der Waals surface area contributed by atoms with E-state index in [0.717, 1.165) is 12.8 Å². The summed E-state index contributed by atoms with van der Waals surface area (Å²) in [5.74, 6) is 0.526. The number of hydrogen-bond donors (Lipinski definition) is 0. The number of piperidine rings is 1. The van der Waals surface area contributed by atoms with Crippen LogP contribution in [0.2, 0.25) is 0 Å². The SMILES string of the molecule is CC(C)(C)OC(=O)N1CCC[C@@H](COc2ccc([N+](=O)[O-])cn2)C1. The number of ether oxygens (including phenoxy) is 2. The van der Waals surface area contributed by atoms with Crippen LogP contribution in [0.4, 0.5) is 10.5 Å². The van der Waals surface area contributed by atoms with Gasteiger partial charge in [-0.25, -0.2) is 9.78 Å². The van der Waals surface area contributed by atoms with E-state index in [2.05, 4.69) is 4.98 Å². The summed E-state index contributed by atoms with van der Waals surface area (Å²) < 4.78 is 11.0. The van der Waals surface area contributed by atoms with Crippen LogP contribution >= 0.6 is 0 Å². The highest BCUT2D eigenvalue weighted by Crippen LogP contribution is 2.21. The van der Waals surface area contributed by atoms with Gasteiger partial charge in [-0.3, -0.25) is 10.1 Å². The molecular formula is C16H23N3O5. The van der Waals surface area contributed by atoms with E-state index in [9.17, 15) is 14.9 Å². The molecule has 1 aliphatic rings. The molecule has 1 atom stereocenters. The molecule has 0 unspecified atom stereocenters. The number of aromatic nitrogens is 1. The maximum absolute atomic E-state index is 12.1. The fourth-order valence-corrected chi connectivity index (χ4v) is 2.46. The quantitative estimate of drug-likeness (QED) is 0.619. The summed E-state index contributed by atoms with van der Waals surface area (Å²) in [5.41, 5.74) is -0.584. The molecule has 8 heteroatoms. The van der Waals surface area contributed by atoms with E-state index in [4.69, 9.17) is 9.47 Å². The number of hydrogen-bond acceptors (Lipinski definition) is 6. The topological polar surface area (TPSA) is 94.8 Å². The number of carbonyl (C=O) groups excluding carboxylic acids is 1. The third-order valence-corrected chi connectivity index (χ3v) is 3.57. The molecule has 0 radical (unpaired) electrons. The molecule has 2 rings (SSSR count). The van der Waals surface area contributed by atoms with E-state index >= 15 is 0 Å². The summed E-state index contributed by atoms with van der Waals surface area (Å²) in [5, 5.41) is 10.6. The van der Waals surface area contributed by atoms with Gasteiger partial charge in [0.15, 0.2) is 0 Å². The summed E-state index contributed by atoms with van der Waals surface area (Å²) in [4.78, 5) is 27.8. The molecule has 2 heterocycles. The van der Waals surface area contributed by atoms with Crippen molar-refractivity contribution in [3.05, 3.63) is 28.4 Å². The lowest BCUT2D eigenvalue weighted by molar-refractivity contribution is -0.385. The minimum absolute atomic E-state index is 0.0730. The molecule has 1 saturated heterocycles. The van der Waals surface area contributed by atoms with Crippen LogP contribution in [0.3, 0.4) is 0 Å². The smallest absolute Gasteiger partial charge is 0.410 e. The Kier molecular flexibility index (Phi) is 5.58. The molecule has 0 N–H and O–H groups in total. The monoisotopic (exact) mass is 337 g/mol. The zero-order valence-electron chi connectivity index (χ0n) is 14.2. The van der Waals surface area contributed by atoms with Crippen molar-refractivity contribution < 1.29 is 19.2 Å². The van der Waals surface area contributed by atoms with E-state index in [1.807, 2.05) is 20.8 Å².